The van der Waals surface area contributed by atoms with E-state index in [-0.39, 0.29) is 28.7 Å². The molecule has 2 atom stereocenters. The third kappa shape index (κ3) is 9.77. The summed E-state index contributed by atoms with van der Waals surface area (Å²) in [5, 5.41) is 32.9. The molecule has 0 unspecified atom stereocenters. The van der Waals surface area contributed by atoms with Crippen molar-refractivity contribution < 1.29 is 40.7 Å². The number of alkyl halides is 6. The number of aromatic nitrogens is 4. The van der Waals surface area contributed by atoms with Crippen molar-refractivity contribution in [3.05, 3.63) is 113 Å². The van der Waals surface area contributed by atoms with Gasteiger partial charge in [0.05, 0.1) is 17.2 Å². The van der Waals surface area contributed by atoms with Gasteiger partial charge in [0.1, 0.15) is 11.4 Å². The molecule has 1 aliphatic heterocycles. The van der Waals surface area contributed by atoms with Gasteiger partial charge in [-0.1, -0.05) is 105 Å². The zero-order chi connectivity index (χ0) is 42.9. The highest BCUT2D eigenvalue weighted by Gasteiger charge is 2.41. The van der Waals surface area contributed by atoms with Crippen LogP contribution in [-0.4, -0.2) is 70.6 Å². The van der Waals surface area contributed by atoms with Gasteiger partial charge >= 0.3 is 18.4 Å². The van der Waals surface area contributed by atoms with Crippen LogP contribution in [0, 0.1) is 5.92 Å². The second kappa shape index (κ2) is 16.7. The summed E-state index contributed by atoms with van der Waals surface area (Å²) in [5.74, 6) is 0.404. The topological polar surface area (TPSA) is 113 Å². The van der Waals surface area contributed by atoms with Gasteiger partial charge in [0.25, 0.3) is 0 Å². The first-order valence-electron chi connectivity index (χ1n) is 18.5. The molecule has 2 aromatic heterocycles. The molecule has 4 aromatic carbocycles. The summed E-state index contributed by atoms with van der Waals surface area (Å²) < 4.78 is 83.3. The highest BCUT2D eigenvalue weighted by molar-refractivity contribution is 6.74. The van der Waals surface area contributed by atoms with E-state index in [0.29, 0.717) is 46.9 Å². The molecule has 59 heavy (non-hydrogen) atoms. The Balaban J connectivity index is 0.000000234. The molecule has 0 aliphatic carbocycles. The van der Waals surface area contributed by atoms with Gasteiger partial charge in [-0.2, -0.15) is 26.3 Å². The van der Waals surface area contributed by atoms with Crippen LogP contribution in [0.3, 0.4) is 0 Å². The monoisotopic (exact) mass is 854 g/mol. The summed E-state index contributed by atoms with van der Waals surface area (Å²) in [5.41, 5.74) is 0.625. The van der Waals surface area contributed by atoms with Crippen LogP contribution in [0.5, 0.6) is 0 Å². The highest BCUT2D eigenvalue weighted by Crippen LogP contribution is 2.39. The van der Waals surface area contributed by atoms with Crippen molar-refractivity contribution in [1.82, 2.24) is 25.3 Å². The molecule has 17 heteroatoms. The zero-order valence-electron chi connectivity index (χ0n) is 32.7. The molecular formula is C42H41ClF6N6O3Si. The normalized spacial score (nSPS) is 16.2. The lowest BCUT2D eigenvalue weighted by atomic mass is 10.0. The summed E-state index contributed by atoms with van der Waals surface area (Å²) in [6, 6.07) is 24.0. The van der Waals surface area contributed by atoms with Gasteiger partial charge in [0.2, 0.25) is 0 Å². The maximum absolute atomic E-state index is 13.0. The first-order valence-corrected chi connectivity index (χ1v) is 21.8. The Morgan fingerprint density at radius 2 is 1.19 bits per heavy atom. The van der Waals surface area contributed by atoms with Gasteiger partial charge in [-0.15, -0.1) is 20.4 Å². The van der Waals surface area contributed by atoms with Crippen LogP contribution in [0.25, 0.3) is 44.1 Å². The predicted molar refractivity (Wildman–Crippen MR) is 219 cm³/mol. The van der Waals surface area contributed by atoms with Crippen molar-refractivity contribution >= 4 is 53.4 Å². The number of halogens is 7. The van der Waals surface area contributed by atoms with Crippen molar-refractivity contribution in [3.8, 4) is 22.5 Å². The highest BCUT2D eigenvalue weighted by atomic mass is 35.5. The molecule has 1 saturated heterocycles. The summed E-state index contributed by atoms with van der Waals surface area (Å²) in [6.45, 7) is 11.9. The average Bonchev–Trinajstić information content (AvgIpc) is 3.60. The van der Waals surface area contributed by atoms with Crippen LogP contribution in [0.1, 0.15) is 31.9 Å². The fraction of sp³-hybridized carbons (Fsp3) is 0.310. The SMILES string of the molecule is CC(C)(C)[Si](C)(C)OC[C@H]1CN(C(=O)O)C[C@H]1Nc1nnc(-c2ccc(C(F)(F)F)cc2)c2ccccc12.FC(F)(F)c1ccc(-c2nnc(Cl)c3ccccc23)cc1. The van der Waals surface area contributed by atoms with E-state index in [9.17, 15) is 36.2 Å². The average molecular weight is 855 g/mol. The number of benzene rings is 4. The quantitative estimate of drug-likeness (QED) is 0.121. The lowest BCUT2D eigenvalue weighted by Gasteiger charge is -2.37. The van der Waals surface area contributed by atoms with E-state index < -0.39 is 37.9 Å². The number of carbonyl (C=O) groups is 1. The second-order valence-electron chi connectivity index (χ2n) is 15.7. The number of fused-ring (bicyclic) bond motifs is 2. The molecule has 1 fully saturated rings. The molecular weight excluding hydrogens is 814 g/mol. The Hall–Kier alpha value is -5.32. The first-order chi connectivity index (χ1) is 27.6. The zero-order valence-corrected chi connectivity index (χ0v) is 34.4. The summed E-state index contributed by atoms with van der Waals surface area (Å²) in [6.07, 6.45) is -9.76. The third-order valence-corrected chi connectivity index (χ3v) is 15.6. The molecule has 1 amide bonds. The fourth-order valence-electron chi connectivity index (χ4n) is 6.41. The molecule has 0 spiro atoms. The molecule has 0 bridgehead atoms. The molecule has 2 N–H and O–H groups in total. The molecule has 0 saturated carbocycles. The van der Waals surface area contributed by atoms with Gasteiger partial charge in [0, 0.05) is 58.3 Å². The molecule has 0 radical (unpaired) electrons. The van der Waals surface area contributed by atoms with Crippen LogP contribution in [0.15, 0.2) is 97.1 Å². The van der Waals surface area contributed by atoms with E-state index in [0.717, 1.165) is 40.4 Å². The number of nitrogens with one attached hydrogen (secondary N) is 1. The van der Waals surface area contributed by atoms with Crippen molar-refractivity contribution in [2.75, 3.05) is 25.0 Å². The summed E-state index contributed by atoms with van der Waals surface area (Å²) in [7, 11) is -2.04. The molecule has 6 aromatic rings. The Bertz CT molecular complexity index is 2440. The minimum atomic E-state index is -4.42. The first kappa shape index (κ1) is 43.3. The fourth-order valence-corrected chi connectivity index (χ4v) is 7.68. The van der Waals surface area contributed by atoms with Crippen molar-refractivity contribution in [2.45, 2.75) is 57.3 Å². The number of rotatable bonds is 7. The maximum atomic E-state index is 13.0. The van der Waals surface area contributed by atoms with Crippen LogP contribution in [0.2, 0.25) is 23.3 Å². The lowest BCUT2D eigenvalue weighted by molar-refractivity contribution is -0.138. The van der Waals surface area contributed by atoms with Crippen molar-refractivity contribution in [1.29, 1.82) is 0 Å². The minimum absolute atomic E-state index is 0.0246. The van der Waals surface area contributed by atoms with Gasteiger partial charge in [0.15, 0.2) is 19.3 Å². The Kier molecular flexibility index (Phi) is 12.3. The summed E-state index contributed by atoms with van der Waals surface area (Å²) in [4.78, 5) is 13.2. The van der Waals surface area contributed by atoms with Gasteiger partial charge < -0.3 is 19.7 Å². The van der Waals surface area contributed by atoms with E-state index in [1.54, 1.807) is 6.07 Å². The van der Waals surface area contributed by atoms with Crippen LogP contribution in [-0.2, 0) is 16.8 Å². The number of amides is 1. The van der Waals surface area contributed by atoms with Crippen LogP contribution >= 0.6 is 11.6 Å². The summed E-state index contributed by atoms with van der Waals surface area (Å²) >= 11 is 5.98. The number of carboxylic acid groups (broad SMARTS) is 1. The van der Waals surface area contributed by atoms with Gasteiger partial charge in [-0.3, -0.25) is 0 Å². The number of hydrogen-bond acceptors (Lipinski definition) is 7. The van der Waals surface area contributed by atoms with E-state index in [4.69, 9.17) is 16.0 Å². The van der Waals surface area contributed by atoms with Crippen LogP contribution in [0.4, 0.5) is 37.0 Å². The standard InChI is InChI=1S/C27H33F3N4O3Si.C15H8ClF3N2/c1-26(2,3)38(4,5)37-16-18-14-34(25(35)36)15-22(18)31-24-21-9-7-6-8-20(21)23(32-33-24)17-10-12-19(13-11-17)27(28,29)30;16-14-12-4-2-1-3-11(12)13(20-21-14)9-5-7-10(8-6-9)15(17,18)19/h6-13,18,22H,14-16H2,1-5H3,(H,31,33)(H,35,36);1-8H/t18-,22-;/m1./s1. The smallest absolute Gasteiger partial charge is 0.416 e. The Morgan fingerprint density at radius 3 is 1.66 bits per heavy atom. The number of nitrogens with zero attached hydrogens (tertiary/aromatic N) is 5. The minimum Gasteiger partial charge on any atom is -0.465 e. The second-order valence-corrected chi connectivity index (χ2v) is 20.9. The van der Waals surface area contributed by atoms with Gasteiger partial charge in [-0.25, -0.2) is 4.79 Å². The number of likely N-dealkylation sites (tertiary alicyclic amines) is 1. The Morgan fingerprint density at radius 1 is 0.729 bits per heavy atom. The van der Waals surface area contributed by atoms with Crippen molar-refractivity contribution in [2.24, 2.45) is 5.92 Å². The molecule has 7 rings (SSSR count). The largest absolute Gasteiger partial charge is 0.465 e. The maximum Gasteiger partial charge on any atom is 0.416 e. The Labute approximate surface area is 342 Å². The molecule has 3 heterocycles. The molecule has 1 aliphatic rings. The lowest BCUT2D eigenvalue weighted by Crippen LogP contribution is -2.43. The number of anilines is 1. The van der Waals surface area contributed by atoms with E-state index >= 15 is 0 Å². The van der Waals surface area contributed by atoms with E-state index in [1.807, 2.05) is 42.5 Å². The number of hydrogen-bond donors (Lipinski definition) is 2. The molecule has 9 nitrogen and oxygen atoms in total. The van der Waals surface area contributed by atoms with Crippen LogP contribution < -0.4 is 5.32 Å². The van der Waals surface area contributed by atoms with Gasteiger partial charge in [-0.05, 0) is 42.4 Å². The van der Waals surface area contributed by atoms with E-state index in [1.165, 1.54) is 29.2 Å². The third-order valence-electron chi connectivity index (χ3n) is 10.8. The van der Waals surface area contributed by atoms with Crippen molar-refractivity contribution in [3.63, 3.8) is 0 Å². The predicted octanol–water partition coefficient (Wildman–Crippen LogP) is 11.7. The molecule has 310 valence electrons. The van der Waals surface area contributed by atoms with E-state index in [2.05, 4.69) is 59.6 Å².